The molecule has 2 aliphatic rings. The third-order valence-corrected chi connectivity index (χ3v) is 4.04. The molecule has 100 valence electrons. The first-order valence-electron chi connectivity index (χ1n) is 6.75. The van der Waals surface area contributed by atoms with Crippen molar-refractivity contribution >= 4 is 5.95 Å². The summed E-state index contributed by atoms with van der Waals surface area (Å²) in [5.41, 5.74) is 5.92. The first-order valence-corrected chi connectivity index (χ1v) is 6.75. The van der Waals surface area contributed by atoms with Gasteiger partial charge in [-0.2, -0.15) is 4.98 Å². The number of rotatable bonds is 2. The molecule has 0 amide bonds. The molecule has 2 N–H and O–H groups in total. The topological polar surface area (TPSA) is 71.4 Å². The quantitative estimate of drug-likeness (QED) is 0.821. The number of anilines is 1. The van der Waals surface area contributed by atoms with Crippen LogP contribution in [0.4, 0.5) is 5.95 Å². The van der Waals surface area contributed by atoms with Crippen molar-refractivity contribution in [1.29, 1.82) is 0 Å². The van der Waals surface area contributed by atoms with Crippen LogP contribution in [0.1, 0.15) is 31.1 Å². The second-order valence-electron chi connectivity index (χ2n) is 5.49. The van der Waals surface area contributed by atoms with E-state index in [9.17, 15) is 0 Å². The molecule has 0 bridgehead atoms. The fourth-order valence-corrected chi connectivity index (χ4v) is 2.77. The van der Waals surface area contributed by atoms with Gasteiger partial charge < -0.3 is 20.1 Å². The van der Waals surface area contributed by atoms with Crippen LogP contribution < -0.4 is 10.6 Å². The molecule has 0 radical (unpaired) electrons. The number of nitrogens with zero attached hydrogens (tertiary/aromatic N) is 4. The highest BCUT2D eigenvalue weighted by atomic mass is 16.5. The van der Waals surface area contributed by atoms with Gasteiger partial charge in [-0.3, -0.25) is 0 Å². The Labute approximate surface area is 107 Å². The lowest BCUT2D eigenvalue weighted by molar-refractivity contribution is 0.308. The number of piperazine rings is 1. The number of likely N-dealkylation sites (N-methyl/N-ethyl adjacent to an activating group) is 1. The lowest BCUT2D eigenvalue weighted by Gasteiger charge is -2.31. The molecule has 0 aromatic carbocycles. The monoisotopic (exact) mass is 251 g/mol. The van der Waals surface area contributed by atoms with Crippen LogP contribution >= 0.6 is 0 Å². The van der Waals surface area contributed by atoms with Gasteiger partial charge in [0.2, 0.25) is 5.89 Å². The Morgan fingerprint density at radius 3 is 2.67 bits per heavy atom. The summed E-state index contributed by atoms with van der Waals surface area (Å²) in [7, 11) is 2.14. The molecule has 2 heterocycles. The Bertz CT molecular complexity index is 399. The van der Waals surface area contributed by atoms with Crippen LogP contribution in [0, 0.1) is 0 Å². The van der Waals surface area contributed by atoms with Gasteiger partial charge in [0.15, 0.2) is 0 Å². The summed E-state index contributed by atoms with van der Waals surface area (Å²) >= 11 is 0. The van der Waals surface area contributed by atoms with Gasteiger partial charge in [0.25, 0.3) is 5.95 Å². The van der Waals surface area contributed by atoms with Crippen molar-refractivity contribution in [3.63, 3.8) is 0 Å². The first-order chi connectivity index (χ1) is 8.72. The Morgan fingerprint density at radius 1 is 1.22 bits per heavy atom. The standard InChI is InChI=1S/C12H21N5O/c1-16-4-6-17(7-5-16)12-14-11(18-15-12)9-2-3-10(13)8-9/h9-10H,2-8,13H2,1H3/t9-,10+/m1/s1. The largest absolute Gasteiger partial charge is 0.337 e. The molecular weight excluding hydrogens is 230 g/mol. The summed E-state index contributed by atoms with van der Waals surface area (Å²) in [5, 5.41) is 4.12. The van der Waals surface area contributed by atoms with E-state index in [0.717, 1.165) is 57.3 Å². The summed E-state index contributed by atoms with van der Waals surface area (Å²) in [6.07, 6.45) is 3.12. The SMILES string of the molecule is CN1CCN(c2noc([C@@H]3CC[C@H](N)C3)n2)CC1. The van der Waals surface area contributed by atoms with E-state index in [1.807, 2.05) is 0 Å². The lowest BCUT2D eigenvalue weighted by Crippen LogP contribution is -2.44. The van der Waals surface area contributed by atoms with Crippen molar-refractivity contribution in [3.8, 4) is 0 Å². The summed E-state index contributed by atoms with van der Waals surface area (Å²) < 4.78 is 5.41. The molecule has 1 saturated heterocycles. The molecule has 1 aliphatic carbocycles. The third kappa shape index (κ3) is 2.35. The molecule has 1 aliphatic heterocycles. The Balaban J connectivity index is 1.66. The van der Waals surface area contributed by atoms with Gasteiger partial charge in [-0.05, 0) is 31.5 Å². The maximum atomic E-state index is 5.92. The lowest BCUT2D eigenvalue weighted by atomic mass is 10.1. The molecule has 6 nitrogen and oxygen atoms in total. The van der Waals surface area contributed by atoms with E-state index in [1.165, 1.54) is 0 Å². The number of hydrogen-bond donors (Lipinski definition) is 1. The van der Waals surface area contributed by atoms with Gasteiger partial charge in [-0.25, -0.2) is 0 Å². The van der Waals surface area contributed by atoms with E-state index in [2.05, 4.69) is 27.0 Å². The van der Waals surface area contributed by atoms with E-state index in [-0.39, 0.29) is 0 Å². The van der Waals surface area contributed by atoms with Crippen LogP contribution in [0.15, 0.2) is 4.52 Å². The van der Waals surface area contributed by atoms with Crippen LogP contribution in [-0.4, -0.2) is 54.3 Å². The highest BCUT2D eigenvalue weighted by Gasteiger charge is 2.29. The second-order valence-corrected chi connectivity index (χ2v) is 5.49. The van der Waals surface area contributed by atoms with E-state index >= 15 is 0 Å². The highest BCUT2D eigenvalue weighted by molar-refractivity contribution is 5.29. The molecule has 2 atom stereocenters. The number of hydrogen-bond acceptors (Lipinski definition) is 6. The van der Waals surface area contributed by atoms with Gasteiger partial charge in [0, 0.05) is 38.1 Å². The third-order valence-electron chi connectivity index (χ3n) is 4.04. The minimum absolute atomic E-state index is 0.300. The predicted molar refractivity (Wildman–Crippen MR) is 68.6 cm³/mol. The smallest absolute Gasteiger partial charge is 0.266 e. The summed E-state index contributed by atoms with van der Waals surface area (Å²) in [6.45, 7) is 4.05. The average molecular weight is 251 g/mol. The second kappa shape index (κ2) is 4.85. The van der Waals surface area contributed by atoms with Crippen LogP contribution in [-0.2, 0) is 0 Å². The van der Waals surface area contributed by atoms with E-state index in [1.54, 1.807) is 0 Å². The van der Waals surface area contributed by atoms with Gasteiger partial charge in [0.05, 0.1) is 0 Å². The normalized spacial score (nSPS) is 30.0. The molecule has 1 aromatic heterocycles. The maximum absolute atomic E-state index is 5.92. The maximum Gasteiger partial charge on any atom is 0.266 e. The van der Waals surface area contributed by atoms with Crippen LogP contribution in [0.5, 0.6) is 0 Å². The molecular formula is C12H21N5O. The van der Waals surface area contributed by atoms with E-state index < -0.39 is 0 Å². The fourth-order valence-electron chi connectivity index (χ4n) is 2.77. The molecule has 18 heavy (non-hydrogen) atoms. The van der Waals surface area contributed by atoms with Crippen molar-refractivity contribution < 1.29 is 4.52 Å². The minimum atomic E-state index is 0.300. The molecule has 3 rings (SSSR count). The highest BCUT2D eigenvalue weighted by Crippen LogP contribution is 2.33. The zero-order chi connectivity index (χ0) is 12.5. The molecule has 0 unspecified atom stereocenters. The Morgan fingerprint density at radius 2 is 2.00 bits per heavy atom. The van der Waals surface area contributed by atoms with Gasteiger partial charge in [-0.1, -0.05) is 0 Å². The van der Waals surface area contributed by atoms with Crippen molar-refractivity contribution in [1.82, 2.24) is 15.0 Å². The Kier molecular flexibility index (Phi) is 3.22. The summed E-state index contributed by atoms with van der Waals surface area (Å²) in [6, 6.07) is 0.300. The number of nitrogens with two attached hydrogens (primary N) is 1. The zero-order valence-electron chi connectivity index (χ0n) is 10.9. The van der Waals surface area contributed by atoms with Crippen molar-refractivity contribution in [2.24, 2.45) is 5.73 Å². The minimum Gasteiger partial charge on any atom is -0.337 e. The van der Waals surface area contributed by atoms with Crippen molar-refractivity contribution in [3.05, 3.63) is 5.89 Å². The van der Waals surface area contributed by atoms with Crippen LogP contribution in [0.25, 0.3) is 0 Å². The molecule has 1 saturated carbocycles. The van der Waals surface area contributed by atoms with Gasteiger partial charge >= 0.3 is 0 Å². The van der Waals surface area contributed by atoms with E-state index in [0.29, 0.717) is 12.0 Å². The zero-order valence-corrected chi connectivity index (χ0v) is 10.9. The molecule has 0 spiro atoms. The molecule has 1 aromatic rings. The number of aromatic nitrogens is 2. The Hall–Kier alpha value is -1.14. The average Bonchev–Trinajstić information content (AvgIpc) is 2.98. The summed E-state index contributed by atoms with van der Waals surface area (Å²) in [4.78, 5) is 9.06. The van der Waals surface area contributed by atoms with Crippen LogP contribution in [0.2, 0.25) is 0 Å². The van der Waals surface area contributed by atoms with Gasteiger partial charge in [-0.15, -0.1) is 0 Å². The fraction of sp³-hybridized carbons (Fsp3) is 0.833. The summed E-state index contributed by atoms with van der Waals surface area (Å²) in [5.74, 6) is 1.89. The van der Waals surface area contributed by atoms with Crippen molar-refractivity contribution in [2.45, 2.75) is 31.2 Å². The molecule has 2 fully saturated rings. The molecule has 6 heteroatoms. The first kappa shape index (κ1) is 11.9. The van der Waals surface area contributed by atoms with Crippen molar-refractivity contribution in [2.75, 3.05) is 38.1 Å². The van der Waals surface area contributed by atoms with E-state index in [4.69, 9.17) is 10.3 Å². The van der Waals surface area contributed by atoms with Gasteiger partial charge in [0.1, 0.15) is 0 Å². The predicted octanol–water partition coefficient (Wildman–Crippen LogP) is 0.416. The van der Waals surface area contributed by atoms with Crippen LogP contribution in [0.3, 0.4) is 0 Å².